The van der Waals surface area contributed by atoms with Crippen molar-refractivity contribution in [1.29, 1.82) is 0 Å². The highest BCUT2D eigenvalue weighted by Crippen LogP contribution is 2.34. The molecule has 0 radical (unpaired) electrons. The second-order valence-corrected chi connectivity index (χ2v) is 5.25. The zero-order valence-corrected chi connectivity index (χ0v) is 11.0. The van der Waals surface area contributed by atoms with E-state index in [1.54, 1.807) is 17.5 Å². The van der Waals surface area contributed by atoms with Gasteiger partial charge in [0.05, 0.1) is 20.9 Å². The zero-order valence-electron chi connectivity index (χ0n) is 9.43. The van der Waals surface area contributed by atoms with Gasteiger partial charge in [-0.2, -0.15) is 0 Å². The molecule has 0 saturated carbocycles. The summed E-state index contributed by atoms with van der Waals surface area (Å²) < 4.78 is 1.01. The summed E-state index contributed by atoms with van der Waals surface area (Å²) >= 11 is 7.74. The highest BCUT2D eigenvalue weighted by Gasteiger charge is 2.09. The molecule has 18 heavy (non-hydrogen) atoms. The van der Waals surface area contributed by atoms with Gasteiger partial charge in [-0.05, 0) is 24.3 Å². The Hall–Kier alpha value is -1.49. The van der Waals surface area contributed by atoms with Crippen molar-refractivity contribution >= 4 is 33.2 Å². The molecule has 2 N–H and O–H groups in total. The van der Waals surface area contributed by atoms with Gasteiger partial charge in [-0.1, -0.05) is 17.7 Å². The molecule has 0 saturated heterocycles. The van der Waals surface area contributed by atoms with Crippen LogP contribution < -0.4 is 5.73 Å². The summed E-state index contributed by atoms with van der Waals surface area (Å²) in [5.74, 6) is 0. The van der Waals surface area contributed by atoms with E-state index in [4.69, 9.17) is 17.3 Å². The second-order valence-electron chi connectivity index (χ2n) is 3.85. The molecular weight excluding hydrogens is 266 g/mol. The fourth-order valence-electron chi connectivity index (χ4n) is 1.76. The number of hydrogen-bond acceptors (Lipinski definition) is 4. The number of rotatable bonds is 2. The normalized spacial score (nSPS) is 11.0. The van der Waals surface area contributed by atoms with E-state index in [-0.39, 0.29) is 0 Å². The van der Waals surface area contributed by atoms with Crippen molar-refractivity contribution in [3.8, 4) is 10.6 Å². The molecule has 3 aromatic rings. The number of thiazole rings is 1. The van der Waals surface area contributed by atoms with Crippen LogP contribution >= 0.6 is 22.9 Å². The number of fused-ring (bicyclic) bond motifs is 1. The molecule has 1 aromatic carbocycles. The van der Waals surface area contributed by atoms with Gasteiger partial charge < -0.3 is 5.73 Å². The number of nitrogens with two attached hydrogens (primary N) is 1. The molecule has 3 rings (SSSR count). The van der Waals surface area contributed by atoms with E-state index in [9.17, 15) is 0 Å². The average Bonchev–Trinajstić information content (AvgIpc) is 2.84. The van der Waals surface area contributed by atoms with Gasteiger partial charge in [0.2, 0.25) is 0 Å². The van der Waals surface area contributed by atoms with E-state index in [1.165, 1.54) is 0 Å². The quantitative estimate of drug-likeness (QED) is 0.779. The molecule has 3 nitrogen and oxygen atoms in total. The third-order valence-corrected chi connectivity index (χ3v) is 4.22. The number of pyridine rings is 1. The van der Waals surface area contributed by atoms with Crippen LogP contribution in [-0.2, 0) is 6.54 Å². The van der Waals surface area contributed by atoms with Crippen molar-refractivity contribution in [2.24, 2.45) is 5.73 Å². The van der Waals surface area contributed by atoms with Crippen molar-refractivity contribution in [1.82, 2.24) is 9.97 Å². The summed E-state index contributed by atoms with van der Waals surface area (Å²) in [7, 11) is 0. The summed E-state index contributed by atoms with van der Waals surface area (Å²) in [6, 6.07) is 9.65. The van der Waals surface area contributed by atoms with E-state index in [2.05, 4.69) is 9.97 Å². The standard InChI is InChI=1S/C13H10ClN3S/c14-10-2-1-3-11-12(10)18-13(17-11)8-4-5-16-9(6-8)7-15/h1-6H,7,15H2. The maximum absolute atomic E-state index is 6.15. The topological polar surface area (TPSA) is 51.8 Å². The van der Waals surface area contributed by atoms with Gasteiger partial charge in [-0.3, -0.25) is 4.98 Å². The molecule has 90 valence electrons. The minimum atomic E-state index is 0.430. The van der Waals surface area contributed by atoms with E-state index in [0.29, 0.717) is 6.54 Å². The molecule has 2 heterocycles. The molecule has 0 atom stereocenters. The van der Waals surface area contributed by atoms with E-state index < -0.39 is 0 Å². The Labute approximate surface area is 113 Å². The largest absolute Gasteiger partial charge is 0.325 e. The molecular formula is C13H10ClN3S. The molecule has 0 unspecified atom stereocenters. The Balaban J connectivity index is 2.16. The third-order valence-electron chi connectivity index (χ3n) is 2.64. The summed E-state index contributed by atoms with van der Waals surface area (Å²) in [6.45, 7) is 0.430. The van der Waals surface area contributed by atoms with Gasteiger partial charge in [0.15, 0.2) is 0 Å². The van der Waals surface area contributed by atoms with Crippen molar-refractivity contribution in [2.75, 3.05) is 0 Å². The lowest BCUT2D eigenvalue weighted by molar-refractivity contribution is 0.991. The molecule has 0 aliphatic rings. The van der Waals surface area contributed by atoms with Crippen LogP contribution in [-0.4, -0.2) is 9.97 Å². The third kappa shape index (κ3) is 1.99. The van der Waals surface area contributed by atoms with Crippen LogP contribution in [0.4, 0.5) is 0 Å². The molecule has 5 heteroatoms. The number of hydrogen-bond donors (Lipinski definition) is 1. The van der Waals surface area contributed by atoms with E-state index in [0.717, 1.165) is 31.5 Å². The van der Waals surface area contributed by atoms with Gasteiger partial charge in [0.25, 0.3) is 0 Å². The Bertz CT molecular complexity index is 708. The number of halogens is 1. The fraction of sp³-hybridized carbons (Fsp3) is 0.0769. The lowest BCUT2D eigenvalue weighted by Crippen LogP contribution is -1.98. The minimum Gasteiger partial charge on any atom is -0.325 e. The van der Waals surface area contributed by atoms with Crippen LogP contribution in [0.2, 0.25) is 5.02 Å². The molecule has 2 aromatic heterocycles. The molecule has 0 bridgehead atoms. The average molecular weight is 276 g/mol. The van der Waals surface area contributed by atoms with Crippen molar-refractivity contribution in [2.45, 2.75) is 6.54 Å². The number of benzene rings is 1. The minimum absolute atomic E-state index is 0.430. The van der Waals surface area contributed by atoms with Crippen LogP contribution in [0.25, 0.3) is 20.8 Å². The van der Waals surface area contributed by atoms with Crippen LogP contribution in [0.3, 0.4) is 0 Å². The van der Waals surface area contributed by atoms with E-state index >= 15 is 0 Å². The van der Waals surface area contributed by atoms with Gasteiger partial charge >= 0.3 is 0 Å². The highest BCUT2D eigenvalue weighted by molar-refractivity contribution is 7.22. The van der Waals surface area contributed by atoms with Crippen molar-refractivity contribution in [3.63, 3.8) is 0 Å². The lowest BCUT2D eigenvalue weighted by Gasteiger charge is -1.98. The van der Waals surface area contributed by atoms with Crippen molar-refractivity contribution < 1.29 is 0 Å². The zero-order chi connectivity index (χ0) is 12.5. The van der Waals surface area contributed by atoms with Gasteiger partial charge in [0.1, 0.15) is 5.01 Å². The van der Waals surface area contributed by atoms with Crippen LogP contribution in [0.1, 0.15) is 5.69 Å². The molecule has 0 amide bonds. The number of nitrogens with zero attached hydrogens (tertiary/aromatic N) is 2. The predicted octanol–water partition coefficient (Wildman–Crippen LogP) is 3.47. The molecule has 0 aliphatic heterocycles. The first kappa shape index (κ1) is 11.6. The Morgan fingerprint density at radius 3 is 2.94 bits per heavy atom. The smallest absolute Gasteiger partial charge is 0.124 e. The molecule has 0 spiro atoms. The fourth-order valence-corrected chi connectivity index (χ4v) is 3.01. The van der Waals surface area contributed by atoms with Gasteiger partial charge in [-0.25, -0.2) is 4.98 Å². The van der Waals surface area contributed by atoms with Crippen LogP contribution in [0, 0.1) is 0 Å². The van der Waals surface area contributed by atoms with Gasteiger partial charge in [0, 0.05) is 18.3 Å². The highest BCUT2D eigenvalue weighted by atomic mass is 35.5. The second kappa shape index (κ2) is 4.65. The SMILES string of the molecule is NCc1cc(-c2nc3cccc(Cl)c3s2)ccn1. The molecule has 0 fully saturated rings. The Morgan fingerprint density at radius 2 is 2.17 bits per heavy atom. The maximum Gasteiger partial charge on any atom is 0.124 e. The first-order valence-electron chi connectivity index (χ1n) is 5.48. The monoisotopic (exact) mass is 275 g/mol. The summed E-state index contributed by atoms with van der Waals surface area (Å²) in [4.78, 5) is 8.77. The first-order chi connectivity index (χ1) is 8.78. The van der Waals surface area contributed by atoms with Gasteiger partial charge in [-0.15, -0.1) is 11.3 Å². The lowest BCUT2D eigenvalue weighted by atomic mass is 10.2. The maximum atomic E-state index is 6.15. The van der Waals surface area contributed by atoms with Crippen molar-refractivity contribution in [3.05, 3.63) is 47.2 Å². The first-order valence-corrected chi connectivity index (χ1v) is 6.68. The summed E-state index contributed by atoms with van der Waals surface area (Å²) in [5.41, 5.74) is 8.41. The Morgan fingerprint density at radius 1 is 1.28 bits per heavy atom. The van der Waals surface area contributed by atoms with E-state index in [1.807, 2.05) is 30.3 Å². The number of aromatic nitrogens is 2. The molecule has 0 aliphatic carbocycles. The summed E-state index contributed by atoms with van der Waals surface area (Å²) in [6.07, 6.45) is 1.76. The van der Waals surface area contributed by atoms with Crippen LogP contribution in [0.5, 0.6) is 0 Å². The summed E-state index contributed by atoms with van der Waals surface area (Å²) in [5, 5.41) is 1.68. The van der Waals surface area contributed by atoms with Crippen LogP contribution in [0.15, 0.2) is 36.5 Å². The Kier molecular flexibility index (Phi) is 2.99. The predicted molar refractivity (Wildman–Crippen MR) is 75.8 cm³/mol.